The summed E-state index contributed by atoms with van der Waals surface area (Å²) in [7, 11) is 0. The number of ether oxygens (including phenoxy) is 2. The molecule has 2 N–H and O–H groups in total. The van der Waals surface area contributed by atoms with Crippen molar-refractivity contribution in [2.24, 2.45) is 5.92 Å². The minimum Gasteiger partial charge on any atom is -0.489 e. The van der Waals surface area contributed by atoms with Crippen LogP contribution in [-0.4, -0.2) is 29.4 Å². The normalized spacial score (nSPS) is 17.1. The highest BCUT2D eigenvalue weighted by Gasteiger charge is 2.22. The average molecular weight is 301 g/mol. The third-order valence-corrected chi connectivity index (χ3v) is 3.49. The zero-order valence-electron chi connectivity index (χ0n) is 11.1. The second-order valence-corrected chi connectivity index (χ2v) is 5.28. The molecular formula is C14H17ClO5. The van der Waals surface area contributed by atoms with Crippen LogP contribution in [0, 0.1) is 5.92 Å². The Balaban J connectivity index is 2.22. The molecule has 1 aliphatic rings. The van der Waals surface area contributed by atoms with Crippen molar-refractivity contribution in [3.63, 3.8) is 0 Å². The molecule has 5 nitrogen and oxygen atoms in total. The van der Waals surface area contributed by atoms with Gasteiger partial charge in [-0.05, 0) is 24.1 Å². The van der Waals surface area contributed by atoms with Crippen molar-refractivity contribution in [1.29, 1.82) is 0 Å². The number of hydrogen-bond donors (Lipinski definition) is 2. The fraction of sp³-hybridized carbons (Fsp3) is 0.500. The molecule has 0 amide bonds. The summed E-state index contributed by atoms with van der Waals surface area (Å²) in [6.45, 7) is 2.61. The highest BCUT2D eigenvalue weighted by atomic mass is 35.5. The standard InChI is InChI=1S/C14H17ClO5/c1-8(14(17)18)5-11(16)9-6-10(15)13-12(7-9)19-3-2-4-20-13/h6-8,11,16H,2-5H2,1H3,(H,17,18). The Morgan fingerprint density at radius 1 is 1.40 bits per heavy atom. The van der Waals surface area contributed by atoms with Crippen LogP contribution >= 0.6 is 11.6 Å². The van der Waals surface area contributed by atoms with E-state index >= 15 is 0 Å². The molecule has 1 heterocycles. The van der Waals surface area contributed by atoms with E-state index < -0.39 is 18.0 Å². The van der Waals surface area contributed by atoms with E-state index in [-0.39, 0.29) is 6.42 Å². The Bertz CT molecular complexity index is 503. The van der Waals surface area contributed by atoms with E-state index in [1.165, 1.54) is 0 Å². The van der Waals surface area contributed by atoms with E-state index in [2.05, 4.69) is 0 Å². The SMILES string of the molecule is CC(CC(O)c1cc(Cl)c2c(c1)OCCCO2)C(=O)O. The molecule has 2 atom stereocenters. The van der Waals surface area contributed by atoms with Gasteiger partial charge in [0.05, 0.1) is 30.3 Å². The first kappa shape index (κ1) is 14.9. The van der Waals surface area contributed by atoms with Crippen LogP contribution in [0.2, 0.25) is 5.02 Å². The van der Waals surface area contributed by atoms with Gasteiger partial charge in [0.15, 0.2) is 11.5 Å². The number of rotatable bonds is 4. The van der Waals surface area contributed by atoms with E-state index in [1.54, 1.807) is 19.1 Å². The molecule has 0 saturated heterocycles. The Labute approximate surface area is 122 Å². The molecule has 0 bridgehead atoms. The molecule has 1 aromatic rings. The molecule has 1 aliphatic heterocycles. The molecule has 6 heteroatoms. The highest BCUT2D eigenvalue weighted by Crippen LogP contribution is 2.40. The van der Waals surface area contributed by atoms with E-state index in [4.69, 9.17) is 26.2 Å². The van der Waals surface area contributed by atoms with Gasteiger partial charge in [0.2, 0.25) is 0 Å². The topological polar surface area (TPSA) is 76.0 Å². The van der Waals surface area contributed by atoms with Crippen molar-refractivity contribution in [2.45, 2.75) is 25.9 Å². The summed E-state index contributed by atoms with van der Waals surface area (Å²) in [6, 6.07) is 3.25. The van der Waals surface area contributed by atoms with Gasteiger partial charge in [-0.3, -0.25) is 4.79 Å². The molecule has 0 aromatic heterocycles. The van der Waals surface area contributed by atoms with Crippen molar-refractivity contribution >= 4 is 17.6 Å². The van der Waals surface area contributed by atoms with Gasteiger partial charge in [-0.2, -0.15) is 0 Å². The predicted octanol–water partition coefficient (Wildman–Crippen LogP) is 2.65. The van der Waals surface area contributed by atoms with Crippen LogP contribution in [0.5, 0.6) is 11.5 Å². The van der Waals surface area contributed by atoms with Gasteiger partial charge < -0.3 is 19.7 Å². The predicted molar refractivity (Wildman–Crippen MR) is 73.4 cm³/mol. The van der Waals surface area contributed by atoms with Gasteiger partial charge in [0.25, 0.3) is 0 Å². The molecule has 0 aliphatic carbocycles. The summed E-state index contributed by atoms with van der Waals surface area (Å²) in [4.78, 5) is 10.8. The van der Waals surface area contributed by atoms with E-state index in [1.807, 2.05) is 0 Å². The smallest absolute Gasteiger partial charge is 0.306 e. The minimum absolute atomic E-state index is 0.116. The van der Waals surface area contributed by atoms with Gasteiger partial charge >= 0.3 is 5.97 Å². The van der Waals surface area contributed by atoms with Crippen molar-refractivity contribution in [3.05, 3.63) is 22.7 Å². The Morgan fingerprint density at radius 2 is 2.10 bits per heavy atom. The van der Waals surface area contributed by atoms with Crippen molar-refractivity contribution in [1.82, 2.24) is 0 Å². The second-order valence-electron chi connectivity index (χ2n) is 4.87. The third kappa shape index (κ3) is 3.35. The van der Waals surface area contributed by atoms with Crippen molar-refractivity contribution < 1.29 is 24.5 Å². The second kappa shape index (κ2) is 6.33. The molecule has 0 saturated carbocycles. The van der Waals surface area contributed by atoms with Gasteiger partial charge in [-0.1, -0.05) is 18.5 Å². The quantitative estimate of drug-likeness (QED) is 0.894. The summed E-state index contributed by atoms with van der Waals surface area (Å²) >= 11 is 6.13. The number of aliphatic hydroxyl groups excluding tert-OH is 1. The molecule has 2 unspecified atom stereocenters. The zero-order chi connectivity index (χ0) is 14.7. The van der Waals surface area contributed by atoms with E-state index in [9.17, 15) is 9.90 Å². The Morgan fingerprint density at radius 3 is 2.80 bits per heavy atom. The lowest BCUT2D eigenvalue weighted by atomic mass is 9.98. The van der Waals surface area contributed by atoms with Crippen LogP contribution in [-0.2, 0) is 4.79 Å². The average Bonchev–Trinajstić information content (AvgIpc) is 2.63. The Hall–Kier alpha value is -1.46. The summed E-state index contributed by atoms with van der Waals surface area (Å²) in [5, 5.41) is 19.4. The van der Waals surface area contributed by atoms with Crippen LogP contribution in [0.3, 0.4) is 0 Å². The number of halogens is 1. The lowest BCUT2D eigenvalue weighted by Crippen LogP contribution is -2.13. The monoisotopic (exact) mass is 300 g/mol. The molecule has 110 valence electrons. The van der Waals surface area contributed by atoms with E-state index in [0.29, 0.717) is 35.3 Å². The summed E-state index contributed by atoms with van der Waals surface area (Å²) < 4.78 is 11.0. The lowest BCUT2D eigenvalue weighted by Gasteiger charge is -2.17. The van der Waals surface area contributed by atoms with Crippen molar-refractivity contribution in [2.75, 3.05) is 13.2 Å². The molecule has 0 fully saturated rings. The number of carbonyl (C=O) groups is 1. The third-order valence-electron chi connectivity index (χ3n) is 3.21. The lowest BCUT2D eigenvalue weighted by molar-refractivity contribution is -0.142. The van der Waals surface area contributed by atoms with Gasteiger partial charge in [-0.15, -0.1) is 0 Å². The minimum atomic E-state index is -0.940. The largest absolute Gasteiger partial charge is 0.489 e. The number of hydrogen-bond acceptors (Lipinski definition) is 4. The molecule has 1 aromatic carbocycles. The Kier molecular flexibility index (Phi) is 4.73. The van der Waals surface area contributed by atoms with E-state index in [0.717, 1.165) is 6.42 Å². The summed E-state index contributed by atoms with van der Waals surface area (Å²) in [6.07, 6.45) is -0.0275. The first-order valence-electron chi connectivity index (χ1n) is 6.49. The van der Waals surface area contributed by atoms with Crippen LogP contribution in [0.25, 0.3) is 0 Å². The first-order chi connectivity index (χ1) is 9.49. The fourth-order valence-corrected chi connectivity index (χ4v) is 2.29. The van der Waals surface area contributed by atoms with Gasteiger partial charge in [0.1, 0.15) is 0 Å². The summed E-state index contributed by atoms with van der Waals surface area (Å²) in [5.74, 6) is -0.609. The van der Waals surface area contributed by atoms with Crippen molar-refractivity contribution in [3.8, 4) is 11.5 Å². The number of carboxylic acid groups (broad SMARTS) is 1. The van der Waals surface area contributed by atoms with Crippen LogP contribution in [0.15, 0.2) is 12.1 Å². The molecule has 2 rings (SSSR count). The zero-order valence-corrected chi connectivity index (χ0v) is 11.9. The van der Waals surface area contributed by atoms with Crippen LogP contribution in [0.4, 0.5) is 0 Å². The maximum Gasteiger partial charge on any atom is 0.306 e. The number of carboxylic acids is 1. The maximum atomic E-state index is 10.8. The van der Waals surface area contributed by atoms with Gasteiger partial charge in [0, 0.05) is 6.42 Å². The van der Waals surface area contributed by atoms with Crippen LogP contribution < -0.4 is 9.47 Å². The molecule has 0 spiro atoms. The molecular weight excluding hydrogens is 284 g/mol. The molecule has 0 radical (unpaired) electrons. The van der Waals surface area contributed by atoms with Crippen LogP contribution in [0.1, 0.15) is 31.4 Å². The van der Waals surface area contributed by atoms with Gasteiger partial charge in [-0.25, -0.2) is 0 Å². The first-order valence-corrected chi connectivity index (χ1v) is 6.86. The summed E-state index contributed by atoms with van der Waals surface area (Å²) in [5.41, 5.74) is 0.535. The number of aliphatic carboxylic acids is 1. The number of benzene rings is 1. The number of aliphatic hydroxyl groups is 1. The molecule has 20 heavy (non-hydrogen) atoms. The highest BCUT2D eigenvalue weighted by molar-refractivity contribution is 6.32. The number of fused-ring (bicyclic) bond motifs is 1. The maximum absolute atomic E-state index is 10.8. The fourth-order valence-electron chi connectivity index (χ4n) is 2.01.